The van der Waals surface area contributed by atoms with E-state index in [4.69, 9.17) is 0 Å². The number of hydrogen-bond acceptors (Lipinski definition) is 0. The minimum absolute atomic E-state index is 0. The fourth-order valence-electron chi connectivity index (χ4n) is 0. The van der Waals surface area contributed by atoms with Crippen molar-refractivity contribution in [3.8, 4) is 0 Å². The third kappa shape index (κ3) is 18.9. The molecule has 0 rings (SSSR count). The van der Waals surface area contributed by atoms with Gasteiger partial charge >= 0.3 is 60.8 Å². The normalized spacial score (nSPS) is 0. The molecule has 0 spiro atoms. The molecule has 0 saturated heterocycles. The molecule has 0 bridgehead atoms. The van der Waals surface area contributed by atoms with Crippen molar-refractivity contribution >= 4 is 71.8 Å². The van der Waals surface area contributed by atoms with E-state index in [9.17, 15) is 0 Å². The topological polar surface area (TPSA) is 0 Å². The predicted molar refractivity (Wildman–Crippen MR) is 27.3 cm³/mol. The summed E-state index contributed by atoms with van der Waals surface area (Å²) in [5.74, 6) is 0. The van der Waals surface area contributed by atoms with Crippen LogP contribution in [0.2, 0.25) is 0 Å². The first kappa shape index (κ1) is 40.8. The number of hydrogen-bond donors (Lipinski definition) is 0. The van der Waals surface area contributed by atoms with Crippen molar-refractivity contribution in [3.63, 3.8) is 0 Å². The van der Waals surface area contributed by atoms with Crippen LogP contribution >= 0.6 is 0 Å². The molecule has 0 amide bonds. The monoisotopic (exact) mass is 219 g/mol. The van der Waals surface area contributed by atoms with Crippen LogP contribution in [0.4, 0.5) is 0 Å². The zero-order valence-electron chi connectivity index (χ0n) is 6.07. The van der Waals surface area contributed by atoms with E-state index < -0.39 is 0 Å². The summed E-state index contributed by atoms with van der Waals surface area (Å²) < 4.78 is 0. The van der Waals surface area contributed by atoms with Crippen molar-refractivity contribution in [2.75, 3.05) is 0 Å². The molecule has 0 aliphatic rings. The van der Waals surface area contributed by atoms with Crippen LogP contribution in [0.15, 0.2) is 0 Å². The molecule has 0 aliphatic carbocycles. The van der Waals surface area contributed by atoms with Crippen molar-refractivity contribution < 1.29 is 39.8 Å². The Morgan fingerprint density at radius 2 is 1.20 bits per heavy atom. The summed E-state index contributed by atoms with van der Waals surface area (Å²) in [6, 6.07) is 0. The Kier molecular flexibility index (Phi) is 218. The average Bonchev–Trinajstić information content (AvgIpc) is 0. The molecule has 0 saturated carbocycles. The first-order valence-electron chi connectivity index (χ1n) is 0. The summed E-state index contributed by atoms with van der Waals surface area (Å²) in [6.07, 6.45) is 0. The molecule has 0 unspecified atom stereocenters. The molecule has 0 nitrogen and oxygen atoms in total. The summed E-state index contributed by atoms with van der Waals surface area (Å²) >= 11 is 0. The van der Waals surface area contributed by atoms with E-state index in [2.05, 4.69) is 0 Å². The van der Waals surface area contributed by atoms with Crippen molar-refractivity contribution in [2.45, 2.75) is 0 Å². The van der Waals surface area contributed by atoms with E-state index in [0.29, 0.717) is 0 Å². The van der Waals surface area contributed by atoms with E-state index in [-0.39, 0.29) is 112 Å². The summed E-state index contributed by atoms with van der Waals surface area (Å²) in [6.45, 7) is 0. The molecule has 5 heavy (non-hydrogen) atoms. The molecule has 0 fully saturated rings. The molecule has 0 atom stereocenters. The second kappa shape index (κ2) is 26.7. The molecule has 0 aliphatic heterocycles. The van der Waals surface area contributed by atoms with Crippen LogP contribution in [0.25, 0.3) is 0 Å². The van der Waals surface area contributed by atoms with E-state index >= 15 is 0 Å². The van der Waals surface area contributed by atoms with Gasteiger partial charge in [0.05, 0.1) is 0 Å². The van der Waals surface area contributed by atoms with Crippen molar-refractivity contribution in [1.29, 1.82) is 0 Å². The van der Waals surface area contributed by atoms with Crippen LogP contribution in [0, 0.1) is 0 Å². The molecule has 0 aromatic carbocycles. The summed E-state index contributed by atoms with van der Waals surface area (Å²) in [5.41, 5.74) is 0. The van der Waals surface area contributed by atoms with Gasteiger partial charge in [0.1, 0.15) is 0 Å². The van der Waals surface area contributed by atoms with Gasteiger partial charge in [-0.15, -0.1) is 0 Å². The van der Waals surface area contributed by atoms with Gasteiger partial charge in [0.15, 0.2) is 0 Å². The van der Waals surface area contributed by atoms with E-state index in [1.54, 1.807) is 0 Å². The SMILES string of the molecule is [Ca+2].[Cu].[Fe].[H-].[H-].[H-].[H-].[Mg+2].[SiH4]. The summed E-state index contributed by atoms with van der Waals surface area (Å²) in [7, 11) is 0. The molecule has 1 radical (unpaired) electrons. The molecule has 0 aromatic rings. The molecule has 0 heterocycles. The number of rotatable bonds is 0. The minimum Gasteiger partial charge on any atom is -1.00 e. The quantitative estimate of drug-likeness (QED) is 0.424. The molecule has 5 heteroatoms. The van der Waals surface area contributed by atoms with Crippen LogP contribution < -0.4 is 0 Å². The maximum Gasteiger partial charge on any atom is 2.00 e. The van der Waals surface area contributed by atoms with Crippen LogP contribution in [-0.2, 0) is 34.1 Å². The fraction of sp³-hybridized carbons (Fsp3) is 0. The second-order valence-corrected chi connectivity index (χ2v) is 0. The Morgan fingerprint density at radius 1 is 1.20 bits per heavy atom. The predicted octanol–water partition coefficient (Wildman–Crippen LogP) is -1.77. The maximum absolute atomic E-state index is 0. The van der Waals surface area contributed by atoms with Gasteiger partial charge in [0.25, 0.3) is 0 Å². The Hall–Kier alpha value is 3.28. The van der Waals surface area contributed by atoms with Gasteiger partial charge in [-0.25, -0.2) is 0 Å². The van der Waals surface area contributed by atoms with Crippen molar-refractivity contribution in [1.82, 2.24) is 0 Å². The third-order valence-electron chi connectivity index (χ3n) is 0. The first-order chi connectivity index (χ1) is 0. The van der Waals surface area contributed by atoms with Gasteiger partial charge in [-0.1, -0.05) is 0 Å². The third-order valence-corrected chi connectivity index (χ3v) is 0. The Morgan fingerprint density at radius 3 is 1.20 bits per heavy atom. The van der Waals surface area contributed by atoms with Gasteiger partial charge in [-0.2, -0.15) is 0 Å². The van der Waals surface area contributed by atoms with Crippen molar-refractivity contribution in [2.24, 2.45) is 0 Å². The van der Waals surface area contributed by atoms with Gasteiger partial charge in [0, 0.05) is 34.1 Å². The van der Waals surface area contributed by atoms with E-state index in [1.165, 1.54) is 0 Å². The van der Waals surface area contributed by atoms with Gasteiger partial charge in [0.2, 0.25) is 0 Å². The Bertz CT molecular complexity index is 20.5. The van der Waals surface area contributed by atoms with Gasteiger partial charge in [-0.3, -0.25) is 0 Å². The fourth-order valence-corrected chi connectivity index (χ4v) is 0. The summed E-state index contributed by atoms with van der Waals surface area (Å²) in [5, 5.41) is 0. The van der Waals surface area contributed by atoms with E-state index in [1.807, 2.05) is 0 Å². The zero-order valence-corrected chi connectivity index (χ0v) is 7.74. The van der Waals surface area contributed by atoms with Crippen LogP contribution in [-0.4, -0.2) is 71.8 Å². The smallest absolute Gasteiger partial charge is 1.00 e. The van der Waals surface area contributed by atoms with Crippen LogP contribution in [0.5, 0.6) is 0 Å². The maximum atomic E-state index is 0. The average molecular weight is 220 g/mol. The standard InChI is InChI=1S/Ca.Cu.Fe.Mg.H4Si.4H/h;;;;1H4;;;;/q+2;;;+2;;4*-1. The van der Waals surface area contributed by atoms with Gasteiger partial charge in [-0.05, 0) is 11.0 Å². The molecular formula is H8CaCuFeMgSi. The van der Waals surface area contributed by atoms with Gasteiger partial charge < -0.3 is 5.71 Å². The molecular weight excluding hydrogens is 212 g/mol. The first-order valence-corrected chi connectivity index (χ1v) is 0. The Balaban J connectivity index is 0. The van der Waals surface area contributed by atoms with Crippen LogP contribution in [0.3, 0.4) is 0 Å². The zero-order chi connectivity index (χ0) is 0. The minimum atomic E-state index is 0. The molecule has 0 aromatic heterocycles. The van der Waals surface area contributed by atoms with Crippen molar-refractivity contribution in [3.05, 3.63) is 0 Å². The molecule has 35 valence electrons. The second-order valence-electron chi connectivity index (χ2n) is 0. The largest absolute Gasteiger partial charge is 2.00 e. The Labute approximate surface area is 110 Å². The van der Waals surface area contributed by atoms with E-state index in [0.717, 1.165) is 0 Å². The van der Waals surface area contributed by atoms with Crippen LogP contribution in [0.1, 0.15) is 5.71 Å². The molecule has 0 N–H and O–H groups in total. The summed E-state index contributed by atoms with van der Waals surface area (Å²) in [4.78, 5) is 0.